The molecular formula is C10H20N2O. The van der Waals surface area contributed by atoms with E-state index in [-0.39, 0.29) is 6.10 Å². The molecule has 1 spiro atoms. The summed E-state index contributed by atoms with van der Waals surface area (Å²) < 4.78 is 0. The van der Waals surface area contributed by atoms with Gasteiger partial charge in [-0.15, -0.1) is 0 Å². The molecule has 0 bridgehead atoms. The van der Waals surface area contributed by atoms with Crippen molar-refractivity contribution < 1.29 is 5.11 Å². The van der Waals surface area contributed by atoms with E-state index in [4.69, 9.17) is 5.11 Å². The lowest BCUT2D eigenvalue weighted by Gasteiger charge is -2.59. The molecule has 0 radical (unpaired) electrons. The second-order valence-corrected chi connectivity index (χ2v) is 5.02. The predicted molar refractivity (Wildman–Crippen MR) is 52.7 cm³/mol. The minimum absolute atomic E-state index is 0.138. The molecule has 0 unspecified atom stereocenters. The first-order valence-electron chi connectivity index (χ1n) is 5.19. The van der Waals surface area contributed by atoms with Crippen LogP contribution < -0.4 is 0 Å². The van der Waals surface area contributed by atoms with E-state index in [9.17, 15) is 0 Å². The molecule has 2 heterocycles. The average Bonchev–Trinajstić information content (AvgIpc) is 1.90. The Morgan fingerprint density at radius 3 is 2.38 bits per heavy atom. The topological polar surface area (TPSA) is 26.7 Å². The Kier molecular flexibility index (Phi) is 2.34. The van der Waals surface area contributed by atoms with Crippen LogP contribution in [0.15, 0.2) is 0 Å². The van der Waals surface area contributed by atoms with Crippen LogP contribution in [0.25, 0.3) is 0 Å². The van der Waals surface area contributed by atoms with E-state index in [2.05, 4.69) is 16.8 Å². The Bertz CT molecular complexity index is 179. The van der Waals surface area contributed by atoms with Gasteiger partial charge >= 0.3 is 0 Å². The standard InChI is InChI=1S/C10H20N2O/c1-9(13)3-4-12-7-10(8-12)5-11(2)6-10/h9,13H,3-8H2,1-2H3/t9-/m1/s1. The van der Waals surface area contributed by atoms with Gasteiger partial charge in [0.25, 0.3) is 0 Å². The molecule has 3 nitrogen and oxygen atoms in total. The molecule has 1 atom stereocenters. The summed E-state index contributed by atoms with van der Waals surface area (Å²) in [5, 5.41) is 9.13. The van der Waals surface area contributed by atoms with Gasteiger partial charge in [-0.2, -0.15) is 0 Å². The first-order valence-corrected chi connectivity index (χ1v) is 5.19. The van der Waals surface area contributed by atoms with E-state index in [1.165, 1.54) is 26.2 Å². The molecule has 3 heteroatoms. The number of aliphatic hydroxyl groups excluding tert-OH is 1. The normalized spacial score (nSPS) is 29.8. The van der Waals surface area contributed by atoms with Gasteiger partial charge in [-0.25, -0.2) is 0 Å². The second-order valence-electron chi connectivity index (χ2n) is 5.02. The molecule has 0 amide bonds. The molecular weight excluding hydrogens is 164 g/mol. The van der Waals surface area contributed by atoms with E-state index in [0.29, 0.717) is 5.41 Å². The zero-order valence-electron chi connectivity index (χ0n) is 8.66. The number of hydrogen-bond donors (Lipinski definition) is 1. The van der Waals surface area contributed by atoms with Crippen LogP contribution in [0, 0.1) is 5.41 Å². The minimum atomic E-state index is -0.138. The van der Waals surface area contributed by atoms with Gasteiger partial charge in [0.1, 0.15) is 0 Å². The third-order valence-electron chi connectivity index (χ3n) is 3.19. The average molecular weight is 184 g/mol. The maximum Gasteiger partial charge on any atom is 0.0524 e. The highest BCUT2D eigenvalue weighted by Crippen LogP contribution is 2.38. The molecule has 2 fully saturated rings. The minimum Gasteiger partial charge on any atom is -0.393 e. The molecule has 1 N–H and O–H groups in total. The molecule has 2 aliphatic rings. The fraction of sp³-hybridized carbons (Fsp3) is 1.00. The zero-order valence-corrected chi connectivity index (χ0v) is 8.66. The monoisotopic (exact) mass is 184 g/mol. The fourth-order valence-corrected chi connectivity index (χ4v) is 2.73. The molecule has 0 aromatic rings. The number of hydrogen-bond acceptors (Lipinski definition) is 3. The van der Waals surface area contributed by atoms with Crippen LogP contribution in [0.5, 0.6) is 0 Å². The van der Waals surface area contributed by atoms with Gasteiger partial charge < -0.3 is 14.9 Å². The quantitative estimate of drug-likeness (QED) is 0.669. The fourth-order valence-electron chi connectivity index (χ4n) is 2.73. The van der Waals surface area contributed by atoms with Gasteiger partial charge in [0.2, 0.25) is 0 Å². The first-order chi connectivity index (χ1) is 6.10. The third kappa shape index (κ3) is 1.87. The van der Waals surface area contributed by atoms with Crippen molar-refractivity contribution in [3.8, 4) is 0 Å². The Morgan fingerprint density at radius 1 is 1.31 bits per heavy atom. The summed E-state index contributed by atoms with van der Waals surface area (Å²) in [6.45, 7) is 8.00. The van der Waals surface area contributed by atoms with Crippen molar-refractivity contribution in [1.29, 1.82) is 0 Å². The number of aliphatic hydroxyl groups is 1. The summed E-state index contributed by atoms with van der Waals surface area (Å²) in [4.78, 5) is 4.84. The van der Waals surface area contributed by atoms with Crippen molar-refractivity contribution in [2.75, 3.05) is 39.8 Å². The van der Waals surface area contributed by atoms with Gasteiger partial charge in [-0.3, -0.25) is 0 Å². The van der Waals surface area contributed by atoms with Gasteiger partial charge in [-0.05, 0) is 20.4 Å². The number of nitrogens with zero attached hydrogens (tertiary/aromatic N) is 2. The van der Waals surface area contributed by atoms with Crippen LogP contribution in [0.4, 0.5) is 0 Å². The van der Waals surface area contributed by atoms with Crippen molar-refractivity contribution in [3.05, 3.63) is 0 Å². The summed E-state index contributed by atoms with van der Waals surface area (Å²) in [7, 11) is 2.18. The Balaban J connectivity index is 1.62. The molecule has 0 aromatic heterocycles. The lowest BCUT2D eigenvalue weighted by molar-refractivity contribution is -0.106. The summed E-state index contributed by atoms with van der Waals surface area (Å²) in [6.07, 6.45) is 0.784. The third-order valence-corrected chi connectivity index (χ3v) is 3.19. The molecule has 2 aliphatic heterocycles. The molecule has 2 rings (SSSR count). The van der Waals surface area contributed by atoms with Crippen LogP contribution in [0.3, 0.4) is 0 Å². The van der Waals surface area contributed by atoms with Gasteiger partial charge in [0.05, 0.1) is 6.10 Å². The Morgan fingerprint density at radius 2 is 1.92 bits per heavy atom. The molecule has 76 valence electrons. The van der Waals surface area contributed by atoms with Crippen molar-refractivity contribution in [1.82, 2.24) is 9.80 Å². The molecule has 0 aliphatic carbocycles. The molecule has 2 saturated heterocycles. The summed E-state index contributed by atoms with van der Waals surface area (Å²) in [5.74, 6) is 0. The van der Waals surface area contributed by atoms with E-state index in [1.54, 1.807) is 0 Å². The van der Waals surface area contributed by atoms with E-state index >= 15 is 0 Å². The van der Waals surface area contributed by atoms with Crippen molar-refractivity contribution >= 4 is 0 Å². The maximum atomic E-state index is 9.13. The smallest absolute Gasteiger partial charge is 0.0524 e. The predicted octanol–water partition coefficient (Wildman–Crippen LogP) is 0.00470. The molecule has 0 saturated carbocycles. The van der Waals surface area contributed by atoms with Crippen LogP contribution >= 0.6 is 0 Å². The second kappa shape index (κ2) is 3.23. The highest BCUT2D eigenvalue weighted by atomic mass is 16.3. The Hall–Kier alpha value is -0.120. The van der Waals surface area contributed by atoms with E-state index in [1.807, 2.05) is 6.92 Å². The van der Waals surface area contributed by atoms with Crippen LogP contribution in [-0.4, -0.2) is 60.8 Å². The van der Waals surface area contributed by atoms with Gasteiger partial charge in [0.15, 0.2) is 0 Å². The van der Waals surface area contributed by atoms with Crippen molar-refractivity contribution in [2.24, 2.45) is 5.41 Å². The lowest BCUT2D eigenvalue weighted by Crippen LogP contribution is -2.71. The first kappa shape index (κ1) is 9.44. The zero-order chi connectivity index (χ0) is 9.47. The van der Waals surface area contributed by atoms with Crippen molar-refractivity contribution in [2.45, 2.75) is 19.4 Å². The SMILES string of the molecule is C[C@@H](O)CCN1CC2(CN(C)C2)C1. The van der Waals surface area contributed by atoms with Gasteiger partial charge in [0, 0.05) is 38.1 Å². The number of rotatable bonds is 3. The van der Waals surface area contributed by atoms with Crippen LogP contribution in [0.2, 0.25) is 0 Å². The maximum absolute atomic E-state index is 9.13. The highest BCUT2D eigenvalue weighted by molar-refractivity contribution is 5.04. The Labute approximate surface area is 80.3 Å². The summed E-state index contributed by atoms with van der Waals surface area (Å²) in [5.41, 5.74) is 0.646. The highest BCUT2D eigenvalue weighted by Gasteiger charge is 2.49. The van der Waals surface area contributed by atoms with E-state index in [0.717, 1.165) is 13.0 Å². The van der Waals surface area contributed by atoms with Crippen LogP contribution in [-0.2, 0) is 0 Å². The largest absolute Gasteiger partial charge is 0.393 e. The van der Waals surface area contributed by atoms with Crippen LogP contribution in [0.1, 0.15) is 13.3 Å². The molecule has 0 aromatic carbocycles. The summed E-state index contributed by atoms with van der Waals surface area (Å²) >= 11 is 0. The number of likely N-dealkylation sites (tertiary alicyclic amines) is 2. The molecule has 13 heavy (non-hydrogen) atoms. The lowest BCUT2D eigenvalue weighted by atomic mass is 9.73. The van der Waals surface area contributed by atoms with E-state index < -0.39 is 0 Å². The van der Waals surface area contributed by atoms with Crippen molar-refractivity contribution in [3.63, 3.8) is 0 Å². The summed E-state index contributed by atoms with van der Waals surface area (Å²) in [6, 6.07) is 0. The van der Waals surface area contributed by atoms with Gasteiger partial charge in [-0.1, -0.05) is 0 Å².